The Morgan fingerprint density at radius 1 is 1.54 bits per heavy atom. The van der Waals surface area contributed by atoms with Gasteiger partial charge in [0, 0.05) is 24.7 Å². The number of carbonyl (C=O) groups is 1. The van der Waals surface area contributed by atoms with E-state index in [4.69, 9.17) is 4.74 Å². The van der Waals surface area contributed by atoms with Crippen LogP contribution in [0.4, 0.5) is 0 Å². The van der Waals surface area contributed by atoms with E-state index in [1.807, 2.05) is 24.3 Å². The molecule has 0 bridgehead atoms. The summed E-state index contributed by atoms with van der Waals surface area (Å²) in [5.74, 6) is 0.968. The predicted molar refractivity (Wildman–Crippen MR) is 89.6 cm³/mol. The molecule has 1 amide bonds. The Morgan fingerprint density at radius 3 is 3.00 bits per heavy atom. The lowest BCUT2D eigenvalue weighted by Crippen LogP contribution is -2.39. The SMILES string of the molecule is COc1cccc(C2CC2C(=O)NCC(C)(O)c2cnn(C)c2)c1. The normalized spacial score (nSPS) is 21.8. The number of nitrogens with zero attached hydrogens (tertiary/aromatic N) is 2. The molecule has 3 atom stereocenters. The summed E-state index contributed by atoms with van der Waals surface area (Å²) in [5.41, 5.74) is 0.670. The Balaban J connectivity index is 1.57. The quantitative estimate of drug-likeness (QED) is 0.843. The van der Waals surface area contributed by atoms with Gasteiger partial charge in [0.15, 0.2) is 0 Å². The number of nitrogens with one attached hydrogen (secondary N) is 1. The average molecular weight is 329 g/mol. The van der Waals surface area contributed by atoms with Crippen LogP contribution in [0.2, 0.25) is 0 Å². The third kappa shape index (κ3) is 3.43. The van der Waals surface area contributed by atoms with Gasteiger partial charge in [-0.05, 0) is 37.0 Å². The van der Waals surface area contributed by atoms with E-state index < -0.39 is 5.60 Å². The zero-order valence-corrected chi connectivity index (χ0v) is 14.2. The number of hydrogen-bond donors (Lipinski definition) is 2. The molecule has 2 N–H and O–H groups in total. The summed E-state index contributed by atoms with van der Waals surface area (Å²) in [5, 5.41) is 17.4. The lowest BCUT2D eigenvalue weighted by molar-refractivity contribution is -0.123. The van der Waals surface area contributed by atoms with E-state index in [1.165, 1.54) is 0 Å². The van der Waals surface area contributed by atoms with Crippen LogP contribution in [-0.4, -0.2) is 34.4 Å². The van der Waals surface area contributed by atoms with Gasteiger partial charge in [-0.15, -0.1) is 0 Å². The molecule has 6 nitrogen and oxygen atoms in total. The van der Waals surface area contributed by atoms with Crippen LogP contribution in [0, 0.1) is 5.92 Å². The van der Waals surface area contributed by atoms with Crippen molar-refractivity contribution in [3.63, 3.8) is 0 Å². The molecule has 3 rings (SSSR count). The molecule has 0 spiro atoms. The second kappa shape index (κ2) is 6.28. The van der Waals surface area contributed by atoms with Gasteiger partial charge >= 0.3 is 0 Å². The van der Waals surface area contributed by atoms with Gasteiger partial charge in [-0.1, -0.05) is 12.1 Å². The molecule has 128 valence electrons. The van der Waals surface area contributed by atoms with E-state index in [9.17, 15) is 9.90 Å². The number of amides is 1. The first-order chi connectivity index (χ1) is 11.4. The Hall–Kier alpha value is -2.34. The van der Waals surface area contributed by atoms with Crippen molar-refractivity contribution in [2.45, 2.75) is 24.9 Å². The third-order valence-electron chi connectivity index (χ3n) is 4.58. The predicted octanol–water partition coefficient (Wildman–Crippen LogP) is 1.56. The van der Waals surface area contributed by atoms with E-state index in [0.29, 0.717) is 5.56 Å². The highest BCUT2D eigenvalue weighted by molar-refractivity contribution is 5.83. The van der Waals surface area contributed by atoms with Crippen molar-refractivity contribution in [2.75, 3.05) is 13.7 Å². The van der Waals surface area contributed by atoms with Crippen LogP contribution in [0.15, 0.2) is 36.7 Å². The first-order valence-electron chi connectivity index (χ1n) is 8.04. The van der Waals surface area contributed by atoms with Crippen molar-refractivity contribution >= 4 is 5.91 Å². The molecule has 0 aliphatic heterocycles. The van der Waals surface area contributed by atoms with E-state index in [1.54, 1.807) is 38.2 Å². The summed E-state index contributed by atoms with van der Waals surface area (Å²) < 4.78 is 6.86. The second-order valence-corrected chi connectivity index (χ2v) is 6.62. The summed E-state index contributed by atoms with van der Waals surface area (Å²) in [4.78, 5) is 12.4. The second-order valence-electron chi connectivity index (χ2n) is 6.62. The van der Waals surface area contributed by atoms with Crippen molar-refractivity contribution in [1.29, 1.82) is 0 Å². The van der Waals surface area contributed by atoms with Crippen molar-refractivity contribution in [3.05, 3.63) is 47.8 Å². The van der Waals surface area contributed by atoms with Gasteiger partial charge in [-0.3, -0.25) is 9.48 Å². The van der Waals surface area contributed by atoms with Crippen LogP contribution in [0.1, 0.15) is 30.4 Å². The molecule has 3 unspecified atom stereocenters. The van der Waals surface area contributed by atoms with Crippen LogP contribution in [0.25, 0.3) is 0 Å². The van der Waals surface area contributed by atoms with Gasteiger partial charge in [-0.25, -0.2) is 0 Å². The molecule has 1 aromatic carbocycles. The minimum Gasteiger partial charge on any atom is -0.497 e. The number of aromatic nitrogens is 2. The highest BCUT2D eigenvalue weighted by Crippen LogP contribution is 2.48. The maximum Gasteiger partial charge on any atom is 0.223 e. The fraction of sp³-hybridized carbons (Fsp3) is 0.444. The van der Waals surface area contributed by atoms with E-state index in [0.717, 1.165) is 17.7 Å². The number of ether oxygens (including phenoxy) is 1. The van der Waals surface area contributed by atoms with Crippen molar-refractivity contribution < 1.29 is 14.6 Å². The molecule has 1 saturated carbocycles. The number of rotatable bonds is 6. The minimum atomic E-state index is -1.13. The van der Waals surface area contributed by atoms with Crippen molar-refractivity contribution in [3.8, 4) is 5.75 Å². The number of methoxy groups -OCH3 is 1. The zero-order valence-electron chi connectivity index (χ0n) is 14.2. The Kier molecular flexibility index (Phi) is 4.32. The van der Waals surface area contributed by atoms with E-state index in [2.05, 4.69) is 10.4 Å². The molecule has 1 heterocycles. The molecule has 1 fully saturated rings. The van der Waals surface area contributed by atoms with Gasteiger partial charge < -0.3 is 15.2 Å². The lowest BCUT2D eigenvalue weighted by Gasteiger charge is -2.22. The van der Waals surface area contributed by atoms with E-state index in [-0.39, 0.29) is 24.3 Å². The summed E-state index contributed by atoms with van der Waals surface area (Å²) in [6.07, 6.45) is 4.19. The lowest BCUT2D eigenvalue weighted by atomic mass is 9.99. The van der Waals surface area contributed by atoms with Crippen molar-refractivity contribution in [2.24, 2.45) is 13.0 Å². The molecule has 1 aromatic heterocycles. The van der Waals surface area contributed by atoms with Gasteiger partial charge in [0.1, 0.15) is 11.4 Å². The summed E-state index contributed by atoms with van der Waals surface area (Å²) in [6, 6.07) is 7.83. The third-order valence-corrected chi connectivity index (χ3v) is 4.58. The van der Waals surface area contributed by atoms with Gasteiger partial charge in [0.05, 0.1) is 19.9 Å². The Morgan fingerprint density at radius 2 is 2.33 bits per heavy atom. The molecule has 6 heteroatoms. The molecule has 1 aliphatic rings. The van der Waals surface area contributed by atoms with Crippen LogP contribution >= 0.6 is 0 Å². The number of aliphatic hydroxyl groups is 1. The molecule has 24 heavy (non-hydrogen) atoms. The van der Waals surface area contributed by atoms with Crippen LogP contribution in [0.5, 0.6) is 5.75 Å². The van der Waals surface area contributed by atoms with Gasteiger partial charge in [0.2, 0.25) is 5.91 Å². The maximum atomic E-state index is 12.4. The smallest absolute Gasteiger partial charge is 0.223 e. The minimum absolute atomic E-state index is 0.0213. The summed E-state index contributed by atoms with van der Waals surface area (Å²) in [7, 11) is 3.43. The monoisotopic (exact) mass is 329 g/mol. The fourth-order valence-electron chi connectivity index (χ4n) is 2.92. The summed E-state index contributed by atoms with van der Waals surface area (Å²) >= 11 is 0. The summed E-state index contributed by atoms with van der Waals surface area (Å²) in [6.45, 7) is 1.84. The molecule has 2 aromatic rings. The molecular formula is C18H23N3O3. The standard InChI is InChI=1S/C18H23N3O3/c1-18(23,13-9-20-21(2)10-13)11-19-17(22)16-8-15(16)12-5-4-6-14(7-12)24-3/h4-7,9-10,15-16,23H,8,11H2,1-3H3,(H,19,22). The molecule has 1 aliphatic carbocycles. The van der Waals surface area contributed by atoms with Crippen LogP contribution < -0.4 is 10.1 Å². The average Bonchev–Trinajstić information content (AvgIpc) is 3.26. The van der Waals surface area contributed by atoms with Crippen LogP contribution in [0.3, 0.4) is 0 Å². The first kappa shape index (κ1) is 16.5. The molecule has 0 radical (unpaired) electrons. The zero-order chi connectivity index (χ0) is 17.3. The van der Waals surface area contributed by atoms with Gasteiger partial charge in [0.25, 0.3) is 0 Å². The number of aryl methyl sites for hydroxylation is 1. The number of carbonyl (C=O) groups excluding carboxylic acids is 1. The van der Waals surface area contributed by atoms with Crippen LogP contribution in [-0.2, 0) is 17.4 Å². The Labute approximate surface area is 141 Å². The first-order valence-corrected chi connectivity index (χ1v) is 8.04. The number of hydrogen-bond acceptors (Lipinski definition) is 4. The topological polar surface area (TPSA) is 76.4 Å². The molecule has 0 saturated heterocycles. The number of benzene rings is 1. The fourth-order valence-corrected chi connectivity index (χ4v) is 2.92. The van der Waals surface area contributed by atoms with Crippen molar-refractivity contribution in [1.82, 2.24) is 15.1 Å². The van der Waals surface area contributed by atoms with E-state index >= 15 is 0 Å². The Bertz CT molecular complexity index is 739. The highest BCUT2D eigenvalue weighted by atomic mass is 16.5. The molecular weight excluding hydrogens is 306 g/mol. The highest BCUT2D eigenvalue weighted by Gasteiger charge is 2.44. The maximum absolute atomic E-state index is 12.4. The largest absolute Gasteiger partial charge is 0.497 e. The van der Waals surface area contributed by atoms with Gasteiger partial charge in [-0.2, -0.15) is 5.10 Å².